The van der Waals surface area contributed by atoms with Crippen molar-refractivity contribution in [2.75, 3.05) is 0 Å². The summed E-state index contributed by atoms with van der Waals surface area (Å²) in [7, 11) is 0. The zero-order valence-corrected chi connectivity index (χ0v) is 8.18. The molecule has 1 N–H and O–H groups in total. The Labute approximate surface area is 85.1 Å². The molecule has 0 aliphatic rings. The van der Waals surface area contributed by atoms with Gasteiger partial charge in [-0.1, -0.05) is 34.8 Å². The van der Waals surface area contributed by atoms with Crippen molar-refractivity contribution in [1.29, 1.82) is 0 Å². The molecule has 1 atom stereocenters. The fourth-order valence-electron chi connectivity index (χ4n) is 0.735. The van der Waals surface area contributed by atoms with Crippen LogP contribution in [0.15, 0.2) is 24.5 Å². The summed E-state index contributed by atoms with van der Waals surface area (Å²) in [6.45, 7) is 0. The predicted octanol–water partition coefficient (Wildman–Crippen LogP) is 2.49. The molecular weight excluding hydrogens is 220 g/mol. The highest BCUT2D eigenvalue weighted by atomic mass is 35.6. The van der Waals surface area contributed by atoms with E-state index in [2.05, 4.69) is 4.98 Å². The van der Waals surface area contributed by atoms with Crippen LogP contribution in [-0.4, -0.2) is 13.9 Å². The largest absolute Gasteiger partial charge is 0.384 e. The van der Waals surface area contributed by atoms with Crippen molar-refractivity contribution in [2.24, 2.45) is 0 Å². The third-order valence-corrected chi connectivity index (χ3v) is 1.95. The second kappa shape index (κ2) is 3.79. The molecule has 0 unspecified atom stereocenters. The molecule has 1 heterocycles. The molecule has 1 aromatic rings. The minimum atomic E-state index is -1.69. The van der Waals surface area contributed by atoms with E-state index in [1.54, 1.807) is 12.1 Å². The van der Waals surface area contributed by atoms with Crippen molar-refractivity contribution in [3.05, 3.63) is 30.1 Å². The Morgan fingerprint density at radius 1 is 1.25 bits per heavy atom. The van der Waals surface area contributed by atoms with Crippen LogP contribution < -0.4 is 0 Å². The van der Waals surface area contributed by atoms with E-state index >= 15 is 0 Å². The van der Waals surface area contributed by atoms with Gasteiger partial charge in [-0.15, -0.1) is 0 Å². The van der Waals surface area contributed by atoms with Crippen LogP contribution in [0.2, 0.25) is 0 Å². The smallest absolute Gasteiger partial charge is 0.220 e. The molecule has 1 rings (SSSR count). The fraction of sp³-hybridized carbons (Fsp3) is 0.286. The molecule has 0 saturated carbocycles. The van der Waals surface area contributed by atoms with Gasteiger partial charge in [-0.3, -0.25) is 4.98 Å². The first kappa shape index (κ1) is 10.1. The maximum absolute atomic E-state index is 9.43. The Balaban J connectivity index is 2.86. The number of aliphatic hydroxyl groups is 1. The van der Waals surface area contributed by atoms with Crippen LogP contribution in [0, 0.1) is 0 Å². The second-order valence-corrected chi connectivity index (χ2v) is 4.59. The molecule has 0 amide bonds. The fourth-order valence-corrected chi connectivity index (χ4v) is 1.11. The Morgan fingerprint density at radius 2 is 1.75 bits per heavy atom. The lowest BCUT2D eigenvalue weighted by Crippen LogP contribution is -2.16. The van der Waals surface area contributed by atoms with Gasteiger partial charge in [0.25, 0.3) is 0 Å². The van der Waals surface area contributed by atoms with E-state index in [0.717, 1.165) is 0 Å². The molecule has 5 heteroatoms. The summed E-state index contributed by atoms with van der Waals surface area (Å²) >= 11 is 16.4. The number of hydrogen-bond acceptors (Lipinski definition) is 2. The summed E-state index contributed by atoms with van der Waals surface area (Å²) in [6, 6.07) is 3.18. The summed E-state index contributed by atoms with van der Waals surface area (Å²) < 4.78 is -1.69. The van der Waals surface area contributed by atoms with Crippen molar-refractivity contribution in [2.45, 2.75) is 9.90 Å². The van der Waals surface area contributed by atoms with Gasteiger partial charge in [0.1, 0.15) is 6.10 Å². The first-order valence-electron chi connectivity index (χ1n) is 3.16. The first-order chi connectivity index (χ1) is 5.52. The molecule has 0 radical (unpaired) electrons. The van der Waals surface area contributed by atoms with Gasteiger partial charge in [-0.2, -0.15) is 0 Å². The van der Waals surface area contributed by atoms with E-state index in [1.807, 2.05) is 0 Å². The second-order valence-electron chi connectivity index (χ2n) is 2.22. The van der Waals surface area contributed by atoms with Gasteiger partial charge in [0.2, 0.25) is 3.79 Å². The normalized spacial score (nSPS) is 14.3. The molecule has 0 spiro atoms. The van der Waals surface area contributed by atoms with E-state index in [-0.39, 0.29) is 0 Å². The predicted molar refractivity (Wildman–Crippen MR) is 49.5 cm³/mol. The number of pyridine rings is 1. The first-order valence-corrected chi connectivity index (χ1v) is 4.30. The van der Waals surface area contributed by atoms with Gasteiger partial charge in [0.05, 0.1) is 0 Å². The molecule has 0 bridgehead atoms. The van der Waals surface area contributed by atoms with Crippen LogP contribution in [0.1, 0.15) is 11.7 Å². The monoisotopic (exact) mass is 225 g/mol. The topological polar surface area (TPSA) is 33.1 Å². The number of halogens is 3. The Bertz CT molecular complexity index is 247. The van der Waals surface area contributed by atoms with Crippen LogP contribution in [0.5, 0.6) is 0 Å². The van der Waals surface area contributed by atoms with Gasteiger partial charge in [0, 0.05) is 12.4 Å². The Morgan fingerprint density at radius 3 is 2.17 bits per heavy atom. The number of hydrogen-bond donors (Lipinski definition) is 1. The SMILES string of the molecule is O[C@H](c1ccncc1)C(Cl)(Cl)Cl. The summed E-state index contributed by atoms with van der Waals surface area (Å²) in [5, 5.41) is 9.43. The molecule has 1 aromatic heterocycles. The van der Waals surface area contributed by atoms with Crippen molar-refractivity contribution in [1.82, 2.24) is 4.98 Å². The average Bonchev–Trinajstić information content (AvgIpc) is 2.03. The van der Waals surface area contributed by atoms with Crippen molar-refractivity contribution in [3.63, 3.8) is 0 Å². The van der Waals surface area contributed by atoms with Gasteiger partial charge in [-0.05, 0) is 17.7 Å². The van der Waals surface area contributed by atoms with E-state index in [0.29, 0.717) is 5.56 Å². The highest BCUT2D eigenvalue weighted by molar-refractivity contribution is 6.67. The van der Waals surface area contributed by atoms with Crippen LogP contribution in [-0.2, 0) is 0 Å². The maximum atomic E-state index is 9.43. The summed E-state index contributed by atoms with van der Waals surface area (Å²) in [4.78, 5) is 3.77. The molecule has 0 aliphatic heterocycles. The molecule has 0 aromatic carbocycles. The Hall–Kier alpha value is -0.0200. The van der Waals surface area contributed by atoms with E-state index in [1.165, 1.54) is 12.4 Å². The molecule has 0 saturated heterocycles. The quantitative estimate of drug-likeness (QED) is 0.746. The number of rotatable bonds is 1. The van der Waals surface area contributed by atoms with Crippen LogP contribution >= 0.6 is 34.8 Å². The Kier molecular flexibility index (Phi) is 3.18. The lowest BCUT2D eigenvalue weighted by Gasteiger charge is -2.18. The summed E-state index contributed by atoms with van der Waals surface area (Å²) in [5.41, 5.74) is 0.532. The third kappa shape index (κ3) is 2.49. The van der Waals surface area contributed by atoms with Crippen molar-refractivity contribution < 1.29 is 5.11 Å². The lowest BCUT2D eigenvalue weighted by molar-refractivity contribution is 0.182. The zero-order chi connectivity index (χ0) is 9.19. The van der Waals surface area contributed by atoms with Crippen LogP contribution in [0.4, 0.5) is 0 Å². The van der Waals surface area contributed by atoms with Crippen LogP contribution in [0.25, 0.3) is 0 Å². The summed E-state index contributed by atoms with van der Waals surface area (Å²) in [5.74, 6) is 0. The molecule has 0 fully saturated rings. The standard InChI is InChI=1S/C7H6Cl3NO/c8-7(9,10)6(12)5-1-3-11-4-2-5/h1-4,6,12H/t6-/m1/s1. The minimum absolute atomic E-state index is 0.532. The third-order valence-electron chi connectivity index (χ3n) is 1.33. The minimum Gasteiger partial charge on any atom is -0.384 e. The van der Waals surface area contributed by atoms with Crippen molar-refractivity contribution >= 4 is 34.8 Å². The highest BCUT2D eigenvalue weighted by Gasteiger charge is 2.31. The van der Waals surface area contributed by atoms with E-state index < -0.39 is 9.90 Å². The molecule has 2 nitrogen and oxygen atoms in total. The van der Waals surface area contributed by atoms with Crippen LogP contribution in [0.3, 0.4) is 0 Å². The van der Waals surface area contributed by atoms with E-state index in [4.69, 9.17) is 34.8 Å². The number of aromatic nitrogens is 1. The van der Waals surface area contributed by atoms with Gasteiger partial charge in [0.15, 0.2) is 0 Å². The maximum Gasteiger partial charge on any atom is 0.220 e. The molecule has 0 aliphatic carbocycles. The van der Waals surface area contributed by atoms with Gasteiger partial charge >= 0.3 is 0 Å². The van der Waals surface area contributed by atoms with Gasteiger partial charge in [-0.25, -0.2) is 0 Å². The lowest BCUT2D eigenvalue weighted by atomic mass is 10.2. The number of aliphatic hydroxyl groups excluding tert-OH is 1. The average molecular weight is 226 g/mol. The summed E-state index contributed by atoms with van der Waals surface area (Å²) in [6.07, 6.45) is 1.93. The molecular formula is C7H6Cl3NO. The molecule has 12 heavy (non-hydrogen) atoms. The number of nitrogens with zero attached hydrogens (tertiary/aromatic N) is 1. The van der Waals surface area contributed by atoms with E-state index in [9.17, 15) is 5.11 Å². The number of alkyl halides is 3. The zero-order valence-electron chi connectivity index (χ0n) is 5.92. The molecule has 66 valence electrons. The van der Waals surface area contributed by atoms with Crippen molar-refractivity contribution in [3.8, 4) is 0 Å². The highest BCUT2D eigenvalue weighted by Crippen LogP contribution is 2.39. The van der Waals surface area contributed by atoms with Gasteiger partial charge < -0.3 is 5.11 Å².